The van der Waals surface area contributed by atoms with E-state index in [4.69, 9.17) is 4.74 Å². The van der Waals surface area contributed by atoms with Crippen LogP contribution in [-0.2, 0) is 6.54 Å². The number of hydrogen-bond acceptors (Lipinski definition) is 4. The molecule has 1 aromatic rings. The summed E-state index contributed by atoms with van der Waals surface area (Å²) in [5.41, 5.74) is 0.716. The molecule has 0 amide bonds. The maximum atomic E-state index is 13.1. The molecule has 5 heteroatoms. The van der Waals surface area contributed by atoms with E-state index in [1.165, 1.54) is 19.2 Å². The Balaban J connectivity index is 2.10. The van der Waals surface area contributed by atoms with E-state index in [1.807, 2.05) is 4.90 Å². The minimum absolute atomic E-state index is 0.318. The highest BCUT2D eigenvalue weighted by molar-refractivity contribution is 5.33. The summed E-state index contributed by atoms with van der Waals surface area (Å²) in [6, 6.07) is 4.33. The SMILES string of the molecule is COc1ccc(F)cc1CN1CC(O)C(O)C1. The van der Waals surface area contributed by atoms with Crippen molar-refractivity contribution in [3.63, 3.8) is 0 Å². The van der Waals surface area contributed by atoms with Crippen LogP contribution in [0.5, 0.6) is 5.75 Å². The van der Waals surface area contributed by atoms with Crippen LogP contribution in [0.4, 0.5) is 4.39 Å². The highest BCUT2D eigenvalue weighted by Gasteiger charge is 2.29. The summed E-state index contributed by atoms with van der Waals surface area (Å²) in [6.07, 6.45) is -1.45. The second-order valence-corrected chi connectivity index (χ2v) is 4.28. The van der Waals surface area contributed by atoms with Crippen molar-refractivity contribution >= 4 is 0 Å². The van der Waals surface area contributed by atoms with Gasteiger partial charge in [-0.1, -0.05) is 0 Å². The quantitative estimate of drug-likeness (QED) is 0.803. The van der Waals surface area contributed by atoms with E-state index in [0.29, 0.717) is 30.9 Å². The van der Waals surface area contributed by atoms with Gasteiger partial charge < -0.3 is 14.9 Å². The zero-order valence-corrected chi connectivity index (χ0v) is 9.64. The van der Waals surface area contributed by atoms with E-state index < -0.39 is 12.2 Å². The first-order valence-electron chi connectivity index (χ1n) is 5.51. The normalized spacial score (nSPS) is 25.2. The minimum Gasteiger partial charge on any atom is -0.496 e. The Morgan fingerprint density at radius 2 is 2.00 bits per heavy atom. The molecule has 1 heterocycles. The Morgan fingerprint density at radius 3 is 2.59 bits per heavy atom. The largest absolute Gasteiger partial charge is 0.496 e. The van der Waals surface area contributed by atoms with Crippen molar-refractivity contribution in [3.05, 3.63) is 29.6 Å². The summed E-state index contributed by atoms with van der Waals surface area (Å²) >= 11 is 0. The Morgan fingerprint density at radius 1 is 1.35 bits per heavy atom. The monoisotopic (exact) mass is 241 g/mol. The third-order valence-corrected chi connectivity index (χ3v) is 2.97. The van der Waals surface area contributed by atoms with Crippen molar-refractivity contribution in [1.29, 1.82) is 0 Å². The fourth-order valence-electron chi connectivity index (χ4n) is 2.09. The Labute approximate surface area is 99.2 Å². The van der Waals surface area contributed by atoms with Crippen molar-refractivity contribution < 1.29 is 19.3 Å². The van der Waals surface area contributed by atoms with Gasteiger partial charge in [0, 0.05) is 25.2 Å². The van der Waals surface area contributed by atoms with Crippen molar-refractivity contribution in [1.82, 2.24) is 4.90 Å². The first-order chi connectivity index (χ1) is 8.10. The molecule has 4 nitrogen and oxygen atoms in total. The molecule has 1 saturated heterocycles. The number of methoxy groups -OCH3 is 1. The summed E-state index contributed by atoms with van der Waals surface area (Å²) in [7, 11) is 1.53. The molecule has 2 atom stereocenters. The summed E-state index contributed by atoms with van der Waals surface area (Å²) in [5, 5.41) is 18.9. The van der Waals surface area contributed by atoms with Crippen LogP contribution < -0.4 is 4.74 Å². The number of β-amino-alcohol motifs (C(OH)–C–C–N with tert-alkyl or cyclic N) is 2. The Hall–Kier alpha value is -1.17. The average Bonchev–Trinajstić information content (AvgIpc) is 2.58. The number of aliphatic hydroxyl groups excluding tert-OH is 2. The molecule has 2 rings (SSSR count). The van der Waals surface area contributed by atoms with E-state index in [-0.39, 0.29) is 5.82 Å². The lowest BCUT2D eigenvalue weighted by Gasteiger charge is -2.16. The topological polar surface area (TPSA) is 52.9 Å². The molecule has 2 unspecified atom stereocenters. The van der Waals surface area contributed by atoms with Crippen LogP contribution in [0.2, 0.25) is 0 Å². The number of ether oxygens (including phenoxy) is 1. The molecule has 1 aliphatic rings. The van der Waals surface area contributed by atoms with E-state index in [0.717, 1.165) is 0 Å². The highest BCUT2D eigenvalue weighted by Crippen LogP contribution is 2.23. The van der Waals surface area contributed by atoms with E-state index in [1.54, 1.807) is 6.07 Å². The first-order valence-corrected chi connectivity index (χ1v) is 5.51. The number of halogens is 1. The third kappa shape index (κ3) is 2.74. The Kier molecular flexibility index (Phi) is 3.61. The maximum absolute atomic E-state index is 13.1. The van der Waals surface area contributed by atoms with Crippen LogP contribution in [0.3, 0.4) is 0 Å². The predicted molar refractivity (Wildman–Crippen MR) is 60.2 cm³/mol. The molecular formula is C12H16FNO3. The molecule has 1 fully saturated rings. The van der Waals surface area contributed by atoms with Crippen molar-refractivity contribution in [2.75, 3.05) is 20.2 Å². The zero-order chi connectivity index (χ0) is 12.4. The minimum atomic E-state index is -0.727. The van der Waals surface area contributed by atoms with E-state index in [9.17, 15) is 14.6 Å². The van der Waals surface area contributed by atoms with Crippen molar-refractivity contribution in [2.24, 2.45) is 0 Å². The summed E-state index contributed by atoms with van der Waals surface area (Å²) in [4.78, 5) is 1.87. The molecule has 0 bridgehead atoms. The van der Waals surface area contributed by atoms with Gasteiger partial charge in [-0.2, -0.15) is 0 Å². The lowest BCUT2D eigenvalue weighted by molar-refractivity contribution is 0.0572. The highest BCUT2D eigenvalue weighted by atomic mass is 19.1. The van der Waals surface area contributed by atoms with Gasteiger partial charge in [0.25, 0.3) is 0 Å². The second kappa shape index (κ2) is 5.00. The number of nitrogens with zero attached hydrogens (tertiary/aromatic N) is 1. The van der Waals surface area contributed by atoms with Crippen LogP contribution in [0, 0.1) is 5.82 Å². The van der Waals surface area contributed by atoms with Gasteiger partial charge in [-0.15, -0.1) is 0 Å². The number of aliphatic hydroxyl groups is 2. The van der Waals surface area contributed by atoms with Crippen LogP contribution >= 0.6 is 0 Å². The summed E-state index contributed by atoms with van der Waals surface area (Å²) in [6.45, 7) is 1.23. The average molecular weight is 241 g/mol. The second-order valence-electron chi connectivity index (χ2n) is 4.28. The molecule has 0 radical (unpaired) electrons. The fourth-order valence-corrected chi connectivity index (χ4v) is 2.09. The van der Waals surface area contributed by atoms with Gasteiger partial charge in [0.15, 0.2) is 0 Å². The van der Waals surface area contributed by atoms with Gasteiger partial charge in [-0.25, -0.2) is 4.39 Å². The molecule has 0 aromatic heterocycles. The smallest absolute Gasteiger partial charge is 0.123 e. The Bertz CT molecular complexity index is 389. The number of benzene rings is 1. The molecule has 94 valence electrons. The van der Waals surface area contributed by atoms with E-state index >= 15 is 0 Å². The lowest BCUT2D eigenvalue weighted by atomic mass is 10.2. The number of likely N-dealkylation sites (tertiary alicyclic amines) is 1. The fraction of sp³-hybridized carbons (Fsp3) is 0.500. The van der Waals surface area contributed by atoms with Gasteiger partial charge >= 0.3 is 0 Å². The summed E-state index contributed by atoms with van der Waals surface area (Å²) < 4.78 is 18.3. The molecular weight excluding hydrogens is 225 g/mol. The maximum Gasteiger partial charge on any atom is 0.123 e. The van der Waals surface area contributed by atoms with Crippen LogP contribution in [0.25, 0.3) is 0 Å². The first kappa shape index (κ1) is 12.3. The van der Waals surface area contributed by atoms with E-state index in [2.05, 4.69) is 0 Å². The molecule has 2 N–H and O–H groups in total. The molecule has 0 aliphatic carbocycles. The predicted octanol–water partition coefficient (Wildman–Crippen LogP) is 0.372. The van der Waals surface area contributed by atoms with Gasteiger partial charge in [0.2, 0.25) is 0 Å². The van der Waals surface area contributed by atoms with Gasteiger partial charge in [-0.3, -0.25) is 4.90 Å². The van der Waals surface area contributed by atoms with Crippen LogP contribution in [-0.4, -0.2) is 47.5 Å². The third-order valence-electron chi connectivity index (χ3n) is 2.97. The van der Waals surface area contributed by atoms with Gasteiger partial charge in [-0.05, 0) is 18.2 Å². The van der Waals surface area contributed by atoms with Crippen LogP contribution in [0.15, 0.2) is 18.2 Å². The standard InChI is InChI=1S/C12H16FNO3/c1-17-12-3-2-9(13)4-8(12)5-14-6-10(15)11(16)7-14/h2-4,10-11,15-16H,5-7H2,1H3. The molecule has 0 spiro atoms. The molecule has 1 aliphatic heterocycles. The number of rotatable bonds is 3. The lowest BCUT2D eigenvalue weighted by Crippen LogP contribution is -2.22. The number of hydrogen-bond donors (Lipinski definition) is 2. The summed E-state index contributed by atoms with van der Waals surface area (Å²) in [5.74, 6) is 0.295. The van der Waals surface area contributed by atoms with Crippen LogP contribution in [0.1, 0.15) is 5.56 Å². The molecule has 0 saturated carbocycles. The van der Waals surface area contributed by atoms with Crippen molar-refractivity contribution in [3.8, 4) is 5.75 Å². The van der Waals surface area contributed by atoms with Crippen molar-refractivity contribution in [2.45, 2.75) is 18.8 Å². The zero-order valence-electron chi connectivity index (χ0n) is 9.64. The van der Waals surface area contributed by atoms with Gasteiger partial charge in [0.1, 0.15) is 11.6 Å². The molecule has 1 aromatic carbocycles. The molecule has 17 heavy (non-hydrogen) atoms. The van der Waals surface area contributed by atoms with Gasteiger partial charge in [0.05, 0.1) is 19.3 Å².